The first-order valence-electron chi connectivity index (χ1n) is 14.7. The number of β-amino-alcohol motifs (C(OH)–C–C–N with tert-alkyl or cyclic N) is 1. The second-order valence-electron chi connectivity index (χ2n) is 12.2. The van der Waals surface area contributed by atoms with Crippen LogP contribution in [-0.2, 0) is 18.4 Å². The fourth-order valence-corrected chi connectivity index (χ4v) is 5.40. The molecule has 226 valence electrons. The van der Waals surface area contributed by atoms with E-state index < -0.39 is 17.2 Å². The SMILES string of the molecule is CC(C)(C)N(CCO)C(=O)c1ccccc1CCC(O)Cc1ccccc1C(=O)N(CCO)C(C)(C)c1ccccc1. The fourth-order valence-electron chi connectivity index (χ4n) is 5.40. The Morgan fingerprint density at radius 2 is 1.17 bits per heavy atom. The van der Waals surface area contributed by atoms with Crippen molar-refractivity contribution in [3.63, 3.8) is 0 Å². The quantitative estimate of drug-likeness (QED) is 0.272. The molecule has 0 fully saturated rings. The van der Waals surface area contributed by atoms with Crippen molar-refractivity contribution < 1.29 is 24.9 Å². The Morgan fingerprint density at radius 3 is 1.74 bits per heavy atom. The number of aryl methyl sites for hydroxylation is 1. The van der Waals surface area contributed by atoms with E-state index in [4.69, 9.17) is 0 Å². The lowest BCUT2D eigenvalue weighted by molar-refractivity contribution is 0.0477. The van der Waals surface area contributed by atoms with Gasteiger partial charge >= 0.3 is 0 Å². The number of benzene rings is 3. The number of amides is 2. The van der Waals surface area contributed by atoms with E-state index in [0.717, 1.165) is 16.7 Å². The van der Waals surface area contributed by atoms with Gasteiger partial charge in [-0.3, -0.25) is 9.59 Å². The summed E-state index contributed by atoms with van der Waals surface area (Å²) in [5.74, 6) is -0.356. The van der Waals surface area contributed by atoms with Gasteiger partial charge in [0.05, 0.1) is 24.9 Å². The number of hydrogen-bond donors (Lipinski definition) is 3. The Labute approximate surface area is 250 Å². The second-order valence-corrected chi connectivity index (χ2v) is 12.2. The highest BCUT2D eigenvalue weighted by Crippen LogP contribution is 2.30. The predicted molar refractivity (Wildman–Crippen MR) is 166 cm³/mol. The smallest absolute Gasteiger partial charge is 0.254 e. The number of hydrogen-bond acceptors (Lipinski definition) is 5. The van der Waals surface area contributed by atoms with Gasteiger partial charge in [-0.2, -0.15) is 0 Å². The molecule has 0 saturated heterocycles. The molecule has 0 spiro atoms. The van der Waals surface area contributed by atoms with Crippen LogP contribution >= 0.6 is 0 Å². The van der Waals surface area contributed by atoms with Crippen LogP contribution in [0.4, 0.5) is 0 Å². The number of nitrogens with zero attached hydrogens (tertiary/aromatic N) is 2. The highest BCUT2D eigenvalue weighted by atomic mass is 16.3. The van der Waals surface area contributed by atoms with Gasteiger partial charge in [0, 0.05) is 29.8 Å². The van der Waals surface area contributed by atoms with Gasteiger partial charge in [-0.15, -0.1) is 0 Å². The van der Waals surface area contributed by atoms with Crippen molar-refractivity contribution in [2.45, 2.75) is 71.1 Å². The average Bonchev–Trinajstić information content (AvgIpc) is 2.97. The van der Waals surface area contributed by atoms with Gasteiger partial charge in [-0.05, 0) is 82.7 Å². The molecule has 0 aliphatic rings. The molecule has 1 atom stereocenters. The first-order valence-corrected chi connectivity index (χ1v) is 14.7. The number of aliphatic hydroxyl groups is 3. The zero-order chi connectivity index (χ0) is 30.9. The van der Waals surface area contributed by atoms with Gasteiger partial charge in [0.15, 0.2) is 0 Å². The number of carbonyl (C=O) groups is 2. The molecule has 1 unspecified atom stereocenters. The van der Waals surface area contributed by atoms with Crippen molar-refractivity contribution in [3.8, 4) is 0 Å². The zero-order valence-corrected chi connectivity index (χ0v) is 25.6. The highest BCUT2D eigenvalue weighted by molar-refractivity contribution is 5.97. The van der Waals surface area contributed by atoms with Crippen molar-refractivity contribution in [2.24, 2.45) is 0 Å². The molecule has 3 rings (SSSR count). The molecule has 3 N–H and O–H groups in total. The van der Waals surface area contributed by atoms with Gasteiger partial charge in [0.25, 0.3) is 11.8 Å². The molecule has 42 heavy (non-hydrogen) atoms. The summed E-state index contributed by atoms with van der Waals surface area (Å²) in [6.45, 7) is 9.86. The third-order valence-corrected chi connectivity index (χ3v) is 7.80. The van der Waals surface area contributed by atoms with E-state index in [-0.39, 0.29) is 44.5 Å². The molecule has 3 aromatic rings. The summed E-state index contributed by atoms with van der Waals surface area (Å²) in [5, 5.41) is 30.5. The third kappa shape index (κ3) is 8.06. The van der Waals surface area contributed by atoms with E-state index in [2.05, 4.69) is 0 Å². The predicted octanol–water partition coefficient (Wildman–Crippen LogP) is 4.83. The maximum absolute atomic E-state index is 13.9. The maximum Gasteiger partial charge on any atom is 0.254 e. The molecule has 0 aliphatic carbocycles. The molecule has 0 saturated carbocycles. The molecule has 7 heteroatoms. The zero-order valence-electron chi connectivity index (χ0n) is 25.6. The van der Waals surface area contributed by atoms with Crippen LogP contribution in [0.15, 0.2) is 78.9 Å². The summed E-state index contributed by atoms with van der Waals surface area (Å²) in [4.78, 5) is 30.7. The third-order valence-electron chi connectivity index (χ3n) is 7.80. The second kappa shape index (κ2) is 14.6. The van der Waals surface area contributed by atoms with Gasteiger partial charge in [-0.25, -0.2) is 0 Å². The van der Waals surface area contributed by atoms with Crippen LogP contribution in [0.5, 0.6) is 0 Å². The first-order chi connectivity index (χ1) is 19.9. The lowest BCUT2D eigenvalue weighted by Gasteiger charge is -2.39. The van der Waals surface area contributed by atoms with Crippen molar-refractivity contribution >= 4 is 11.8 Å². The van der Waals surface area contributed by atoms with Crippen LogP contribution in [0.25, 0.3) is 0 Å². The summed E-state index contributed by atoms with van der Waals surface area (Å²) < 4.78 is 0. The fraction of sp³-hybridized carbons (Fsp3) is 0.429. The Kier molecular flexibility index (Phi) is 11.5. The Hall–Kier alpha value is -3.52. The molecule has 0 radical (unpaired) electrons. The lowest BCUT2D eigenvalue weighted by Crippen LogP contribution is -2.47. The summed E-state index contributed by atoms with van der Waals surface area (Å²) in [5.41, 5.74) is 2.45. The van der Waals surface area contributed by atoms with Crippen molar-refractivity contribution in [2.75, 3.05) is 26.3 Å². The van der Waals surface area contributed by atoms with Gasteiger partial charge in [0.2, 0.25) is 0 Å². The van der Waals surface area contributed by atoms with Crippen LogP contribution < -0.4 is 0 Å². The minimum absolute atomic E-state index is 0.125. The van der Waals surface area contributed by atoms with E-state index in [9.17, 15) is 24.9 Å². The van der Waals surface area contributed by atoms with Crippen LogP contribution in [0, 0.1) is 0 Å². The van der Waals surface area contributed by atoms with Crippen LogP contribution in [0.1, 0.15) is 78.4 Å². The summed E-state index contributed by atoms with van der Waals surface area (Å²) in [6, 6.07) is 24.4. The minimum atomic E-state index is -0.744. The molecule has 0 bridgehead atoms. The molecule has 7 nitrogen and oxygen atoms in total. The average molecular weight is 575 g/mol. The monoisotopic (exact) mass is 574 g/mol. The molecular formula is C35H46N2O5. The summed E-state index contributed by atoms with van der Waals surface area (Å²) in [7, 11) is 0. The lowest BCUT2D eigenvalue weighted by atomic mass is 9.90. The van der Waals surface area contributed by atoms with Gasteiger partial charge < -0.3 is 25.1 Å². The normalized spacial score (nSPS) is 12.6. The Morgan fingerprint density at radius 1 is 0.690 bits per heavy atom. The van der Waals surface area contributed by atoms with Crippen molar-refractivity contribution in [3.05, 3.63) is 107 Å². The number of rotatable bonds is 13. The van der Waals surface area contributed by atoms with Crippen LogP contribution in [0.3, 0.4) is 0 Å². The Bertz CT molecular complexity index is 1320. The molecular weight excluding hydrogens is 528 g/mol. The maximum atomic E-state index is 13.9. The highest BCUT2D eigenvalue weighted by Gasteiger charge is 2.34. The summed E-state index contributed by atoms with van der Waals surface area (Å²) >= 11 is 0. The summed E-state index contributed by atoms with van der Waals surface area (Å²) in [6.07, 6.45) is 0.411. The molecule has 2 amide bonds. The minimum Gasteiger partial charge on any atom is -0.395 e. The number of aliphatic hydroxyl groups excluding tert-OH is 3. The van der Waals surface area contributed by atoms with Crippen molar-refractivity contribution in [1.29, 1.82) is 0 Å². The first kappa shape index (κ1) is 33.0. The molecule has 0 heterocycles. The van der Waals surface area contributed by atoms with Crippen LogP contribution in [0.2, 0.25) is 0 Å². The topological polar surface area (TPSA) is 101 Å². The van der Waals surface area contributed by atoms with E-state index in [1.165, 1.54) is 0 Å². The van der Waals surface area contributed by atoms with E-state index >= 15 is 0 Å². The van der Waals surface area contributed by atoms with E-state index in [0.29, 0.717) is 24.0 Å². The molecule has 3 aromatic carbocycles. The largest absolute Gasteiger partial charge is 0.395 e. The van der Waals surface area contributed by atoms with E-state index in [1.54, 1.807) is 21.9 Å². The molecule has 0 aromatic heterocycles. The van der Waals surface area contributed by atoms with Crippen LogP contribution in [-0.4, -0.2) is 74.9 Å². The van der Waals surface area contributed by atoms with Gasteiger partial charge in [0.1, 0.15) is 0 Å². The standard InChI is InChI=1S/C35H46N2O5/c1-34(2,3)36(21-23-38)32(41)30-17-11-9-13-26(30)19-20-29(40)25-27-14-10-12-18-31(27)33(42)37(22-24-39)35(4,5)28-15-7-6-8-16-28/h6-18,29,38-40H,19-25H2,1-5H3. The molecule has 0 aliphatic heterocycles. The van der Waals surface area contributed by atoms with E-state index in [1.807, 2.05) is 101 Å². The van der Waals surface area contributed by atoms with Gasteiger partial charge in [-0.1, -0.05) is 66.7 Å². The Balaban J connectivity index is 1.79. The van der Waals surface area contributed by atoms with Crippen molar-refractivity contribution in [1.82, 2.24) is 9.80 Å². The number of carbonyl (C=O) groups excluding carboxylic acids is 2.